The summed E-state index contributed by atoms with van der Waals surface area (Å²) in [4.78, 5) is 12.1. The zero-order valence-corrected chi connectivity index (χ0v) is 20.8. The topological polar surface area (TPSA) is 143 Å². The van der Waals surface area contributed by atoms with Crippen LogP contribution in [0, 0.1) is 0 Å². The first-order chi connectivity index (χ1) is 17.6. The second kappa shape index (κ2) is 11.0. The number of nitrogens with one attached hydrogen (secondary N) is 1. The first-order valence-electron chi connectivity index (χ1n) is 10.9. The largest absolute Gasteiger partial charge is 0.485 e. The van der Waals surface area contributed by atoms with Gasteiger partial charge in [-0.25, -0.2) is 23.4 Å². The maximum atomic E-state index is 12.8. The van der Waals surface area contributed by atoms with E-state index in [0.717, 1.165) is 0 Å². The van der Waals surface area contributed by atoms with Crippen LogP contribution < -0.4 is 14.2 Å². The summed E-state index contributed by atoms with van der Waals surface area (Å²) < 4.78 is 83.9. The summed E-state index contributed by atoms with van der Waals surface area (Å²) in [5.41, 5.74) is 0.0335. The van der Waals surface area contributed by atoms with Gasteiger partial charge in [-0.3, -0.25) is 9.29 Å². The lowest BCUT2D eigenvalue weighted by atomic mass is 10.2. The molecule has 0 saturated heterocycles. The third-order valence-electron chi connectivity index (χ3n) is 4.98. The van der Waals surface area contributed by atoms with Crippen LogP contribution in [-0.4, -0.2) is 76.5 Å². The summed E-state index contributed by atoms with van der Waals surface area (Å²) in [5, 5.41) is 8.33. The maximum Gasteiger partial charge on any atom is 0.422 e. The average Bonchev–Trinajstić information content (AvgIpc) is 3.16. The van der Waals surface area contributed by atoms with Crippen LogP contribution in [0.25, 0.3) is 11.5 Å². The van der Waals surface area contributed by atoms with Crippen molar-refractivity contribution in [2.24, 2.45) is 0 Å². The third kappa shape index (κ3) is 6.75. The second-order valence-corrected chi connectivity index (χ2v) is 10.00. The van der Waals surface area contributed by atoms with E-state index in [-0.39, 0.29) is 60.2 Å². The monoisotopic (exact) mass is 563 g/mol. The number of aryl methyl sites for hydroxylation is 1. The third-order valence-corrected chi connectivity index (χ3v) is 6.41. The quantitative estimate of drug-likeness (QED) is 0.391. The van der Waals surface area contributed by atoms with Crippen LogP contribution in [0.4, 0.5) is 19.1 Å². The van der Waals surface area contributed by atoms with E-state index in [1.54, 1.807) is 6.92 Å². The predicted molar refractivity (Wildman–Crippen MR) is 124 cm³/mol. The fraction of sp³-hybridized carbons (Fsp3) is 0.450. The van der Waals surface area contributed by atoms with Crippen molar-refractivity contribution in [1.82, 2.24) is 29.7 Å². The molecule has 4 rings (SSSR count). The molecule has 0 unspecified atom stereocenters. The Morgan fingerprint density at radius 2 is 2.00 bits per heavy atom. The molecule has 0 saturated carbocycles. The van der Waals surface area contributed by atoms with E-state index in [4.69, 9.17) is 25.8 Å². The molecule has 1 N–H and O–H groups in total. The number of fused-ring (bicyclic) bond motifs is 3. The SMILES string of the molecule is CCOC[C@H]1COc2c(OCC(F)(F)F)ccnc2-c2nnc(NS(=O)(=O)CCc3ncc(Cl)cn3)n21. The number of nitrogens with zero attached hydrogens (tertiary/aromatic N) is 6. The molecule has 0 aliphatic carbocycles. The van der Waals surface area contributed by atoms with Gasteiger partial charge in [0.05, 0.1) is 23.4 Å². The van der Waals surface area contributed by atoms with E-state index in [2.05, 4.69) is 29.9 Å². The number of alkyl halides is 3. The molecule has 1 aliphatic heterocycles. The van der Waals surface area contributed by atoms with Crippen molar-refractivity contribution in [2.45, 2.75) is 25.6 Å². The van der Waals surface area contributed by atoms with Crippen molar-refractivity contribution < 1.29 is 35.8 Å². The summed E-state index contributed by atoms with van der Waals surface area (Å²) in [6.45, 7) is 0.541. The summed E-state index contributed by atoms with van der Waals surface area (Å²) in [6.07, 6.45) is -0.620. The van der Waals surface area contributed by atoms with E-state index in [9.17, 15) is 21.6 Å². The molecule has 1 aliphatic rings. The first kappa shape index (κ1) is 26.8. The van der Waals surface area contributed by atoms with Crippen molar-refractivity contribution in [3.63, 3.8) is 0 Å². The van der Waals surface area contributed by atoms with Gasteiger partial charge in [-0.1, -0.05) is 11.6 Å². The Balaban J connectivity index is 1.64. The maximum absolute atomic E-state index is 12.8. The normalized spacial score (nSPS) is 15.3. The van der Waals surface area contributed by atoms with Crippen molar-refractivity contribution in [3.8, 4) is 23.0 Å². The summed E-state index contributed by atoms with van der Waals surface area (Å²) in [7, 11) is -3.95. The Labute approximate surface area is 214 Å². The highest BCUT2D eigenvalue weighted by atomic mass is 35.5. The van der Waals surface area contributed by atoms with E-state index >= 15 is 0 Å². The van der Waals surface area contributed by atoms with Crippen LogP contribution in [0.15, 0.2) is 24.7 Å². The highest BCUT2D eigenvalue weighted by molar-refractivity contribution is 7.92. The minimum absolute atomic E-state index is 0.00325. The number of rotatable bonds is 10. The molecule has 200 valence electrons. The standard InChI is InChI=1S/C20H21ClF3N7O5S/c1-2-34-9-13-10-35-17-14(36-11-20(22,23)24)3-5-25-16(17)18-28-29-19(31(13)18)30-37(32,33)6-4-15-26-7-12(21)8-27-15/h3,5,7-8,13H,2,4,6,9-11H2,1H3,(H,29,30)/t13-/m0/s1. The van der Waals surface area contributed by atoms with Gasteiger partial charge in [-0.2, -0.15) is 13.2 Å². The number of ether oxygens (including phenoxy) is 3. The van der Waals surface area contributed by atoms with E-state index in [1.807, 2.05) is 0 Å². The number of hydrogen-bond acceptors (Lipinski definition) is 10. The first-order valence-corrected chi connectivity index (χ1v) is 12.9. The number of aromatic nitrogens is 6. The van der Waals surface area contributed by atoms with Crippen molar-refractivity contribution in [3.05, 3.63) is 35.5 Å². The van der Waals surface area contributed by atoms with Crippen LogP contribution >= 0.6 is 11.6 Å². The molecule has 37 heavy (non-hydrogen) atoms. The van der Waals surface area contributed by atoms with Crippen LogP contribution in [0.3, 0.4) is 0 Å². The predicted octanol–water partition coefficient (Wildman–Crippen LogP) is 2.68. The number of halogens is 4. The van der Waals surface area contributed by atoms with E-state index in [1.165, 1.54) is 29.2 Å². The molecule has 0 bridgehead atoms. The van der Waals surface area contributed by atoms with Gasteiger partial charge in [-0.05, 0) is 6.92 Å². The minimum atomic E-state index is -4.57. The summed E-state index contributed by atoms with van der Waals surface area (Å²) >= 11 is 5.75. The van der Waals surface area contributed by atoms with Crippen LogP contribution in [0.2, 0.25) is 5.02 Å². The highest BCUT2D eigenvalue weighted by Gasteiger charge is 2.34. The minimum Gasteiger partial charge on any atom is -0.485 e. The van der Waals surface area contributed by atoms with Crippen LogP contribution in [0.5, 0.6) is 11.5 Å². The van der Waals surface area contributed by atoms with Crippen molar-refractivity contribution in [1.29, 1.82) is 0 Å². The number of anilines is 1. The Morgan fingerprint density at radius 1 is 1.24 bits per heavy atom. The molecule has 3 aromatic rings. The molecule has 12 nitrogen and oxygen atoms in total. The van der Waals surface area contributed by atoms with Gasteiger partial charge in [0.15, 0.2) is 29.6 Å². The highest BCUT2D eigenvalue weighted by Crippen LogP contribution is 2.41. The Kier molecular flexibility index (Phi) is 7.99. The van der Waals surface area contributed by atoms with Gasteiger partial charge in [0.1, 0.15) is 12.4 Å². The lowest BCUT2D eigenvalue weighted by molar-refractivity contribution is -0.153. The summed E-state index contributed by atoms with van der Waals surface area (Å²) in [6, 6.07) is 0.586. The number of hydrogen-bond donors (Lipinski definition) is 1. The van der Waals surface area contributed by atoms with Crippen molar-refractivity contribution in [2.75, 3.05) is 36.9 Å². The van der Waals surface area contributed by atoms with Gasteiger partial charge >= 0.3 is 6.18 Å². The number of sulfonamides is 1. The molecule has 4 heterocycles. The van der Waals surface area contributed by atoms with Gasteiger partial charge in [0.2, 0.25) is 16.0 Å². The van der Waals surface area contributed by atoms with Gasteiger partial charge in [0.25, 0.3) is 0 Å². The average molecular weight is 564 g/mol. The molecule has 0 spiro atoms. The molecule has 0 amide bonds. The molecule has 0 aromatic carbocycles. The van der Waals surface area contributed by atoms with Crippen LogP contribution in [-0.2, 0) is 21.2 Å². The fourth-order valence-corrected chi connectivity index (χ4v) is 4.45. The Bertz CT molecular complexity index is 1340. The second-order valence-electron chi connectivity index (χ2n) is 7.72. The Morgan fingerprint density at radius 3 is 2.70 bits per heavy atom. The van der Waals surface area contributed by atoms with Gasteiger partial charge < -0.3 is 14.2 Å². The van der Waals surface area contributed by atoms with E-state index < -0.39 is 28.8 Å². The smallest absolute Gasteiger partial charge is 0.422 e. The Hall–Kier alpha value is -3.24. The van der Waals surface area contributed by atoms with E-state index in [0.29, 0.717) is 11.6 Å². The summed E-state index contributed by atoms with van der Waals surface area (Å²) in [5.74, 6) is -0.437. The number of pyridine rings is 1. The van der Waals surface area contributed by atoms with Gasteiger partial charge in [-0.15, -0.1) is 10.2 Å². The lowest BCUT2D eigenvalue weighted by Gasteiger charge is -2.19. The molecular formula is C20H21ClF3N7O5S. The molecule has 3 aromatic heterocycles. The molecule has 0 fully saturated rings. The molecule has 17 heteroatoms. The van der Waals surface area contributed by atoms with Crippen molar-refractivity contribution >= 4 is 27.6 Å². The molecule has 1 atom stereocenters. The molecule has 0 radical (unpaired) electrons. The fourth-order valence-electron chi connectivity index (χ4n) is 3.39. The zero-order chi connectivity index (χ0) is 26.6. The molecular weight excluding hydrogens is 543 g/mol. The van der Waals surface area contributed by atoms with Crippen LogP contribution in [0.1, 0.15) is 18.8 Å². The van der Waals surface area contributed by atoms with Gasteiger partial charge in [0, 0.05) is 37.7 Å². The zero-order valence-electron chi connectivity index (χ0n) is 19.3. The lowest BCUT2D eigenvalue weighted by Crippen LogP contribution is -2.26.